The zero-order chi connectivity index (χ0) is 17.9. The molecule has 0 aromatic carbocycles. The number of nitrogens with zero attached hydrogens (tertiary/aromatic N) is 4. The molecule has 26 heavy (non-hydrogen) atoms. The number of nitrogens with one attached hydrogen (secondary N) is 1. The number of likely N-dealkylation sites (tertiary alicyclic amines) is 1. The molecule has 2 aromatic heterocycles. The van der Waals surface area contributed by atoms with E-state index in [9.17, 15) is 4.79 Å². The number of anilines is 1. The summed E-state index contributed by atoms with van der Waals surface area (Å²) in [6, 6.07) is 4.34. The van der Waals surface area contributed by atoms with Gasteiger partial charge in [-0.25, -0.2) is 9.97 Å². The van der Waals surface area contributed by atoms with Gasteiger partial charge < -0.3 is 14.8 Å². The minimum atomic E-state index is 0.106. The van der Waals surface area contributed by atoms with Gasteiger partial charge in [0.1, 0.15) is 11.6 Å². The van der Waals surface area contributed by atoms with Crippen LogP contribution in [0.15, 0.2) is 24.5 Å². The van der Waals surface area contributed by atoms with Crippen molar-refractivity contribution >= 4 is 11.7 Å². The van der Waals surface area contributed by atoms with Crippen molar-refractivity contribution in [3.05, 3.63) is 41.6 Å². The summed E-state index contributed by atoms with van der Waals surface area (Å²) in [4.78, 5) is 24.2. The van der Waals surface area contributed by atoms with Crippen LogP contribution in [0.25, 0.3) is 0 Å². The Hall–Kier alpha value is -2.37. The maximum Gasteiger partial charge on any atom is 0.223 e. The number of pyridine rings is 1. The Labute approximate surface area is 154 Å². The number of amides is 1. The van der Waals surface area contributed by atoms with E-state index >= 15 is 0 Å². The van der Waals surface area contributed by atoms with Gasteiger partial charge in [0.05, 0.1) is 6.04 Å². The van der Waals surface area contributed by atoms with Crippen LogP contribution in [0, 0.1) is 0 Å². The van der Waals surface area contributed by atoms with E-state index in [4.69, 9.17) is 4.98 Å². The van der Waals surface area contributed by atoms with E-state index in [0.717, 1.165) is 62.5 Å². The normalized spacial score (nSPS) is 19.7. The Balaban J connectivity index is 1.43. The molecule has 2 aromatic rings. The Bertz CT molecular complexity index is 784. The third kappa shape index (κ3) is 3.45. The fourth-order valence-electron chi connectivity index (χ4n) is 4.08. The summed E-state index contributed by atoms with van der Waals surface area (Å²) < 4.78 is 2.03. The zero-order valence-electron chi connectivity index (χ0n) is 15.4. The highest BCUT2D eigenvalue weighted by molar-refractivity contribution is 5.77. The highest BCUT2D eigenvalue weighted by atomic mass is 16.2. The van der Waals surface area contributed by atoms with Crippen molar-refractivity contribution in [3.63, 3.8) is 0 Å². The van der Waals surface area contributed by atoms with Crippen LogP contribution in [0.4, 0.5) is 5.82 Å². The molecule has 1 fully saturated rings. The number of imidazole rings is 1. The molecule has 1 atom stereocenters. The van der Waals surface area contributed by atoms with Gasteiger partial charge in [-0.15, -0.1) is 0 Å². The molecule has 0 bridgehead atoms. The van der Waals surface area contributed by atoms with Gasteiger partial charge in [0.2, 0.25) is 5.91 Å². The summed E-state index contributed by atoms with van der Waals surface area (Å²) in [5, 5.41) is 3.37. The Morgan fingerprint density at radius 3 is 3.08 bits per heavy atom. The van der Waals surface area contributed by atoms with Gasteiger partial charge in [-0.2, -0.15) is 0 Å². The molecule has 2 aliphatic heterocycles. The summed E-state index contributed by atoms with van der Waals surface area (Å²) in [5.41, 5.74) is 2.29. The van der Waals surface area contributed by atoms with E-state index in [2.05, 4.69) is 22.4 Å². The molecular weight excluding hydrogens is 326 g/mol. The van der Waals surface area contributed by atoms with Crippen molar-refractivity contribution in [1.29, 1.82) is 0 Å². The number of aromatic nitrogens is 3. The number of carbonyl (C=O) groups excluding carboxylic acids is 1. The van der Waals surface area contributed by atoms with E-state index in [1.807, 2.05) is 28.9 Å². The molecule has 0 radical (unpaired) electrons. The van der Waals surface area contributed by atoms with Crippen LogP contribution < -0.4 is 5.32 Å². The quantitative estimate of drug-likeness (QED) is 0.918. The molecule has 1 saturated heterocycles. The number of rotatable bonds is 4. The molecule has 1 amide bonds. The van der Waals surface area contributed by atoms with Crippen molar-refractivity contribution in [2.45, 2.75) is 51.0 Å². The van der Waals surface area contributed by atoms with Gasteiger partial charge in [-0.1, -0.05) is 6.07 Å². The largest absolute Gasteiger partial charge is 0.370 e. The molecule has 138 valence electrons. The number of hydrogen-bond donors (Lipinski definition) is 1. The lowest BCUT2D eigenvalue weighted by Crippen LogP contribution is -2.39. The molecule has 1 N–H and O–H groups in total. The molecule has 4 heterocycles. The summed E-state index contributed by atoms with van der Waals surface area (Å²) in [7, 11) is 2.00. The monoisotopic (exact) mass is 353 g/mol. The van der Waals surface area contributed by atoms with Crippen LogP contribution in [-0.2, 0) is 24.7 Å². The first kappa shape index (κ1) is 17.1. The second-order valence-corrected chi connectivity index (χ2v) is 7.34. The fraction of sp³-hybridized carbons (Fsp3) is 0.550. The lowest BCUT2D eigenvalue weighted by molar-refractivity contribution is -0.135. The van der Waals surface area contributed by atoms with Crippen LogP contribution in [-0.4, -0.2) is 38.4 Å². The van der Waals surface area contributed by atoms with Crippen molar-refractivity contribution in [2.75, 3.05) is 18.4 Å². The average molecular weight is 353 g/mol. The minimum Gasteiger partial charge on any atom is -0.370 e. The van der Waals surface area contributed by atoms with Gasteiger partial charge in [0, 0.05) is 44.6 Å². The standard InChI is InChI=1S/C20H27N5O/c1-24-14-12-22-20(24)17-6-2-3-13-25(17)18(26)10-9-16-8-7-15-5-4-11-21-19(15)23-16/h7-8,12,14,17H,2-6,9-11,13H2,1H3,(H,21,23). The molecule has 0 spiro atoms. The van der Waals surface area contributed by atoms with E-state index in [1.54, 1.807) is 0 Å². The Kier molecular flexibility index (Phi) is 4.91. The molecule has 2 aliphatic rings. The lowest BCUT2D eigenvalue weighted by Gasteiger charge is -2.35. The van der Waals surface area contributed by atoms with Crippen molar-refractivity contribution < 1.29 is 4.79 Å². The average Bonchev–Trinajstić information content (AvgIpc) is 3.11. The summed E-state index contributed by atoms with van der Waals surface area (Å²) in [5.74, 6) is 2.21. The van der Waals surface area contributed by atoms with Gasteiger partial charge in [0.15, 0.2) is 0 Å². The highest BCUT2D eigenvalue weighted by Crippen LogP contribution is 2.30. The SMILES string of the molecule is Cn1ccnc1C1CCCCN1C(=O)CCc1ccc2c(n1)NCCC2. The molecular formula is C20H27N5O. The number of aryl methyl sites for hydroxylation is 3. The van der Waals surface area contributed by atoms with E-state index in [0.29, 0.717) is 12.8 Å². The van der Waals surface area contributed by atoms with Crippen LogP contribution in [0.5, 0.6) is 0 Å². The van der Waals surface area contributed by atoms with Gasteiger partial charge in [0.25, 0.3) is 0 Å². The van der Waals surface area contributed by atoms with E-state index < -0.39 is 0 Å². The second kappa shape index (κ2) is 7.48. The maximum absolute atomic E-state index is 12.9. The summed E-state index contributed by atoms with van der Waals surface area (Å²) >= 11 is 0. The van der Waals surface area contributed by atoms with Crippen molar-refractivity contribution in [2.24, 2.45) is 7.05 Å². The Morgan fingerprint density at radius 2 is 2.23 bits per heavy atom. The van der Waals surface area contributed by atoms with Crippen LogP contribution in [0.3, 0.4) is 0 Å². The Morgan fingerprint density at radius 1 is 1.31 bits per heavy atom. The highest BCUT2D eigenvalue weighted by Gasteiger charge is 2.30. The maximum atomic E-state index is 12.9. The molecule has 1 unspecified atom stereocenters. The number of hydrogen-bond acceptors (Lipinski definition) is 4. The first-order chi connectivity index (χ1) is 12.7. The minimum absolute atomic E-state index is 0.106. The number of fused-ring (bicyclic) bond motifs is 1. The molecule has 0 aliphatic carbocycles. The smallest absolute Gasteiger partial charge is 0.223 e. The van der Waals surface area contributed by atoms with Crippen molar-refractivity contribution in [1.82, 2.24) is 19.4 Å². The van der Waals surface area contributed by atoms with Gasteiger partial charge >= 0.3 is 0 Å². The predicted molar refractivity (Wildman–Crippen MR) is 101 cm³/mol. The van der Waals surface area contributed by atoms with Crippen LogP contribution >= 0.6 is 0 Å². The third-order valence-electron chi connectivity index (χ3n) is 5.53. The summed E-state index contributed by atoms with van der Waals surface area (Å²) in [6.07, 6.45) is 10.5. The topological polar surface area (TPSA) is 63.1 Å². The third-order valence-corrected chi connectivity index (χ3v) is 5.53. The zero-order valence-corrected chi connectivity index (χ0v) is 15.4. The molecule has 6 heteroatoms. The van der Waals surface area contributed by atoms with Gasteiger partial charge in [-0.05, 0) is 50.2 Å². The number of carbonyl (C=O) groups is 1. The predicted octanol–water partition coefficient (Wildman–Crippen LogP) is 2.86. The fourth-order valence-corrected chi connectivity index (χ4v) is 4.08. The lowest BCUT2D eigenvalue weighted by atomic mass is 10.00. The van der Waals surface area contributed by atoms with E-state index in [1.165, 1.54) is 5.56 Å². The van der Waals surface area contributed by atoms with Gasteiger partial charge in [-0.3, -0.25) is 4.79 Å². The van der Waals surface area contributed by atoms with Crippen LogP contribution in [0.1, 0.15) is 55.2 Å². The first-order valence-electron chi connectivity index (χ1n) is 9.72. The molecule has 0 saturated carbocycles. The van der Waals surface area contributed by atoms with Crippen molar-refractivity contribution in [3.8, 4) is 0 Å². The van der Waals surface area contributed by atoms with Crippen LogP contribution in [0.2, 0.25) is 0 Å². The second-order valence-electron chi connectivity index (χ2n) is 7.34. The first-order valence-corrected chi connectivity index (χ1v) is 9.72. The molecule has 6 nitrogen and oxygen atoms in total. The summed E-state index contributed by atoms with van der Waals surface area (Å²) in [6.45, 7) is 1.82. The number of piperidine rings is 1. The molecule has 4 rings (SSSR count). The van der Waals surface area contributed by atoms with E-state index in [-0.39, 0.29) is 11.9 Å².